The maximum atomic E-state index is 6.01. The van der Waals surface area contributed by atoms with Crippen molar-refractivity contribution >= 4 is 22.5 Å². The van der Waals surface area contributed by atoms with Gasteiger partial charge in [-0.2, -0.15) is 0 Å². The van der Waals surface area contributed by atoms with Crippen molar-refractivity contribution in [1.29, 1.82) is 0 Å². The van der Waals surface area contributed by atoms with Crippen molar-refractivity contribution in [1.82, 2.24) is 9.88 Å². The first kappa shape index (κ1) is 14.3. The number of fused-ring (bicyclic) bond motifs is 1. The van der Waals surface area contributed by atoms with Crippen LogP contribution in [0.5, 0.6) is 0 Å². The molecule has 1 heterocycles. The van der Waals surface area contributed by atoms with Crippen LogP contribution in [0.4, 0.5) is 0 Å². The summed E-state index contributed by atoms with van der Waals surface area (Å²) in [5, 5.41) is 1.48. The molecule has 2 rings (SSSR count). The Kier molecular flexibility index (Phi) is 4.78. The van der Waals surface area contributed by atoms with Crippen molar-refractivity contribution < 1.29 is 0 Å². The molecule has 19 heavy (non-hydrogen) atoms. The Morgan fingerprint density at radius 2 is 2.05 bits per heavy atom. The van der Waals surface area contributed by atoms with Crippen LogP contribution in [0.1, 0.15) is 24.6 Å². The Balaban J connectivity index is 2.20. The highest BCUT2D eigenvalue weighted by atomic mass is 35.5. The van der Waals surface area contributed by atoms with Gasteiger partial charge < -0.3 is 4.90 Å². The summed E-state index contributed by atoms with van der Waals surface area (Å²) in [5.74, 6) is 0. The van der Waals surface area contributed by atoms with E-state index in [2.05, 4.69) is 48.1 Å². The lowest BCUT2D eigenvalue weighted by molar-refractivity contribution is 0.323. The zero-order valence-corrected chi connectivity index (χ0v) is 12.6. The number of pyridine rings is 1. The number of aryl methyl sites for hydroxylation is 1. The number of benzene rings is 1. The van der Waals surface area contributed by atoms with E-state index in [1.807, 2.05) is 13.0 Å². The van der Waals surface area contributed by atoms with E-state index >= 15 is 0 Å². The molecule has 0 aliphatic heterocycles. The van der Waals surface area contributed by atoms with Gasteiger partial charge in [-0.25, -0.2) is 0 Å². The van der Waals surface area contributed by atoms with Gasteiger partial charge >= 0.3 is 0 Å². The first-order valence-corrected chi connectivity index (χ1v) is 7.18. The third-order valence-electron chi connectivity index (χ3n) is 3.28. The predicted octanol–water partition coefficient (Wildman–Crippen LogP) is 3.99. The molecule has 2 nitrogen and oxygen atoms in total. The molecule has 0 aliphatic rings. The SMILES string of the molecule is Cc1cc(CN(C)CCC(C)Cl)c2ccccc2n1. The van der Waals surface area contributed by atoms with Crippen molar-refractivity contribution in [3.8, 4) is 0 Å². The molecule has 0 saturated carbocycles. The van der Waals surface area contributed by atoms with Crippen LogP contribution in [0, 0.1) is 6.92 Å². The number of rotatable bonds is 5. The van der Waals surface area contributed by atoms with Crippen LogP contribution >= 0.6 is 11.6 Å². The molecule has 1 aromatic carbocycles. The third-order valence-corrected chi connectivity index (χ3v) is 3.50. The molecule has 0 spiro atoms. The van der Waals surface area contributed by atoms with Crippen LogP contribution in [0.2, 0.25) is 0 Å². The highest BCUT2D eigenvalue weighted by molar-refractivity contribution is 6.20. The molecule has 1 aromatic heterocycles. The van der Waals surface area contributed by atoms with Gasteiger partial charge in [0, 0.05) is 23.0 Å². The Labute approximate surface area is 120 Å². The Bertz CT molecular complexity index is 551. The largest absolute Gasteiger partial charge is 0.302 e. The Morgan fingerprint density at radius 1 is 1.32 bits per heavy atom. The zero-order valence-electron chi connectivity index (χ0n) is 11.9. The van der Waals surface area contributed by atoms with Crippen molar-refractivity contribution in [2.24, 2.45) is 0 Å². The molecule has 3 heteroatoms. The standard InChI is InChI=1S/C16H21ClN2/c1-12(17)8-9-19(3)11-14-10-13(2)18-16-7-5-4-6-15(14)16/h4-7,10,12H,8-9,11H2,1-3H3. The number of hydrogen-bond acceptors (Lipinski definition) is 2. The van der Waals surface area contributed by atoms with Crippen molar-refractivity contribution in [3.63, 3.8) is 0 Å². The van der Waals surface area contributed by atoms with Gasteiger partial charge in [0.2, 0.25) is 0 Å². The fourth-order valence-electron chi connectivity index (χ4n) is 2.29. The second-order valence-corrected chi connectivity index (χ2v) is 5.99. The molecule has 0 bridgehead atoms. The topological polar surface area (TPSA) is 16.1 Å². The predicted molar refractivity (Wildman–Crippen MR) is 82.7 cm³/mol. The number of nitrogens with zero attached hydrogens (tertiary/aromatic N) is 2. The monoisotopic (exact) mass is 276 g/mol. The van der Waals surface area contributed by atoms with Gasteiger partial charge in [0.05, 0.1) is 5.52 Å². The Hall–Kier alpha value is -1.12. The molecule has 1 atom stereocenters. The first-order valence-electron chi connectivity index (χ1n) is 6.74. The van der Waals surface area contributed by atoms with Gasteiger partial charge in [-0.3, -0.25) is 4.98 Å². The minimum Gasteiger partial charge on any atom is -0.302 e. The van der Waals surface area contributed by atoms with E-state index in [0.29, 0.717) is 0 Å². The van der Waals surface area contributed by atoms with Crippen LogP contribution in [-0.4, -0.2) is 28.9 Å². The summed E-state index contributed by atoms with van der Waals surface area (Å²) >= 11 is 6.01. The normalized spacial score (nSPS) is 13.1. The average molecular weight is 277 g/mol. The molecule has 2 aromatic rings. The highest BCUT2D eigenvalue weighted by Gasteiger charge is 2.07. The molecule has 0 amide bonds. The first-order chi connectivity index (χ1) is 9.06. The van der Waals surface area contributed by atoms with Gasteiger partial charge in [0.15, 0.2) is 0 Å². The fourth-order valence-corrected chi connectivity index (χ4v) is 2.39. The molecule has 0 saturated heterocycles. The van der Waals surface area contributed by atoms with E-state index in [0.717, 1.165) is 30.7 Å². The summed E-state index contributed by atoms with van der Waals surface area (Å²) in [6, 6.07) is 10.5. The van der Waals surface area contributed by atoms with Crippen LogP contribution < -0.4 is 0 Å². The van der Waals surface area contributed by atoms with E-state index in [-0.39, 0.29) is 5.38 Å². The quantitative estimate of drug-likeness (QED) is 0.768. The van der Waals surface area contributed by atoms with E-state index in [4.69, 9.17) is 11.6 Å². The molecule has 0 fully saturated rings. The highest BCUT2D eigenvalue weighted by Crippen LogP contribution is 2.19. The summed E-state index contributed by atoms with van der Waals surface area (Å²) in [6.07, 6.45) is 1.01. The number of halogens is 1. The lowest BCUT2D eigenvalue weighted by atomic mass is 10.1. The van der Waals surface area contributed by atoms with Crippen LogP contribution in [-0.2, 0) is 6.54 Å². The smallest absolute Gasteiger partial charge is 0.0708 e. The van der Waals surface area contributed by atoms with Crippen LogP contribution in [0.3, 0.4) is 0 Å². The second-order valence-electron chi connectivity index (χ2n) is 5.25. The van der Waals surface area contributed by atoms with Gasteiger partial charge in [0.25, 0.3) is 0 Å². The average Bonchev–Trinajstić information content (AvgIpc) is 2.36. The summed E-state index contributed by atoms with van der Waals surface area (Å²) in [5.41, 5.74) is 3.50. The number of alkyl halides is 1. The van der Waals surface area contributed by atoms with E-state index in [1.165, 1.54) is 10.9 Å². The molecular weight excluding hydrogens is 256 g/mol. The number of aromatic nitrogens is 1. The van der Waals surface area contributed by atoms with Gasteiger partial charge in [0.1, 0.15) is 0 Å². The van der Waals surface area contributed by atoms with Gasteiger partial charge in [-0.1, -0.05) is 18.2 Å². The van der Waals surface area contributed by atoms with Crippen molar-refractivity contribution in [3.05, 3.63) is 41.6 Å². The second kappa shape index (κ2) is 6.36. The molecule has 0 N–H and O–H groups in total. The lowest BCUT2D eigenvalue weighted by Crippen LogP contribution is -2.21. The summed E-state index contributed by atoms with van der Waals surface area (Å²) < 4.78 is 0. The molecule has 0 radical (unpaired) electrons. The summed E-state index contributed by atoms with van der Waals surface area (Å²) in [7, 11) is 2.14. The van der Waals surface area contributed by atoms with Crippen molar-refractivity contribution in [2.45, 2.75) is 32.2 Å². The number of hydrogen-bond donors (Lipinski definition) is 0. The maximum absolute atomic E-state index is 6.01. The molecular formula is C16H21ClN2. The molecule has 0 aliphatic carbocycles. The van der Waals surface area contributed by atoms with E-state index < -0.39 is 0 Å². The van der Waals surface area contributed by atoms with Crippen molar-refractivity contribution in [2.75, 3.05) is 13.6 Å². The third kappa shape index (κ3) is 3.92. The fraction of sp³-hybridized carbons (Fsp3) is 0.438. The van der Waals surface area contributed by atoms with E-state index in [9.17, 15) is 0 Å². The minimum absolute atomic E-state index is 0.235. The molecule has 1 unspecified atom stereocenters. The van der Waals surface area contributed by atoms with Crippen LogP contribution in [0.25, 0.3) is 10.9 Å². The van der Waals surface area contributed by atoms with Gasteiger partial charge in [-0.15, -0.1) is 11.6 Å². The maximum Gasteiger partial charge on any atom is 0.0708 e. The minimum atomic E-state index is 0.235. The Morgan fingerprint density at radius 3 is 2.79 bits per heavy atom. The van der Waals surface area contributed by atoms with Crippen LogP contribution in [0.15, 0.2) is 30.3 Å². The number of para-hydroxylation sites is 1. The molecule has 102 valence electrons. The van der Waals surface area contributed by atoms with E-state index in [1.54, 1.807) is 0 Å². The van der Waals surface area contributed by atoms with Gasteiger partial charge in [-0.05, 0) is 51.6 Å². The summed E-state index contributed by atoms with van der Waals surface area (Å²) in [4.78, 5) is 6.90. The lowest BCUT2D eigenvalue weighted by Gasteiger charge is -2.18. The summed E-state index contributed by atoms with van der Waals surface area (Å²) in [6.45, 7) is 6.05. The zero-order chi connectivity index (χ0) is 13.8.